The highest BCUT2D eigenvalue weighted by Gasteiger charge is 2.48. The summed E-state index contributed by atoms with van der Waals surface area (Å²) in [4.78, 5) is 13.2. The van der Waals surface area contributed by atoms with Crippen LogP contribution in [0, 0.1) is 0 Å². The van der Waals surface area contributed by atoms with Crippen molar-refractivity contribution in [2.45, 2.75) is 30.8 Å². The average molecular weight is 390 g/mol. The molecule has 4 rings (SSSR count). The second-order valence-corrected chi connectivity index (χ2v) is 7.90. The molecule has 0 saturated carbocycles. The topological polar surface area (TPSA) is 53.2 Å². The van der Waals surface area contributed by atoms with Gasteiger partial charge < -0.3 is 10.6 Å². The standard InChI is InChI=1S/C20H21Cl2N3O/c21-14-3-1-2-13(10-14)12-20(25-16-6-8-23-9-7-16)17-5-4-15(22)11-18(17)24-19(20)26/h1-5,10-11,16,23,25H,6-9,12H2,(H,24,26). The van der Waals surface area contributed by atoms with Gasteiger partial charge in [-0.3, -0.25) is 10.1 Å². The van der Waals surface area contributed by atoms with E-state index in [9.17, 15) is 4.79 Å². The minimum Gasteiger partial charge on any atom is -0.324 e. The number of nitrogens with one attached hydrogen (secondary N) is 3. The molecule has 26 heavy (non-hydrogen) atoms. The van der Waals surface area contributed by atoms with E-state index in [1.54, 1.807) is 0 Å². The fourth-order valence-corrected chi connectivity index (χ4v) is 4.37. The summed E-state index contributed by atoms with van der Waals surface area (Å²) in [6, 6.07) is 13.6. The predicted molar refractivity (Wildman–Crippen MR) is 106 cm³/mol. The number of amides is 1. The lowest BCUT2D eigenvalue weighted by Crippen LogP contribution is -2.56. The van der Waals surface area contributed by atoms with Crippen LogP contribution < -0.4 is 16.0 Å². The molecule has 0 bridgehead atoms. The highest BCUT2D eigenvalue weighted by Crippen LogP contribution is 2.40. The molecule has 4 nitrogen and oxygen atoms in total. The van der Waals surface area contributed by atoms with Gasteiger partial charge in [-0.25, -0.2) is 0 Å². The highest BCUT2D eigenvalue weighted by molar-refractivity contribution is 6.31. The van der Waals surface area contributed by atoms with Gasteiger partial charge in [0.05, 0.1) is 0 Å². The fourth-order valence-electron chi connectivity index (χ4n) is 3.98. The summed E-state index contributed by atoms with van der Waals surface area (Å²) in [5.41, 5.74) is 1.94. The lowest BCUT2D eigenvalue weighted by molar-refractivity contribution is -0.122. The van der Waals surface area contributed by atoms with E-state index in [-0.39, 0.29) is 11.9 Å². The maximum Gasteiger partial charge on any atom is 0.249 e. The zero-order valence-corrected chi connectivity index (χ0v) is 15.8. The largest absolute Gasteiger partial charge is 0.324 e. The van der Waals surface area contributed by atoms with Crippen molar-refractivity contribution >= 4 is 34.8 Å². The smallest absolute Gasteiger partial charge is 0.249 e. The Morgan fingerprint density at radius 3 is 2.62 bits per heavy atom. The lowest BCUT2D eigenvalue weighted by atomic mass is 9.83. The van der Waals surface area contributed by atoms with E-state index in [4.69, 9.17) is 23.2 Å². The van der Waals surface area contributed by atoms with E-state index in [0.717, 1.165) is 42.7 Å². The first-order chi connectivity index (χ1) is 12.6. The third-order valence-electron chi connectivity index (χ3n) is 5.23. The van der Waals surface area contributed by atoms with E-state index in [1.165, 1.54) is 0 Å². The van der Waals surface area contributed by atoms with E-state index in [1.807, 2.05) is 42.5 Å². The summed E-state index contributed by atoms with van der Waals surface area (Å²) < 4.78 is 0. The highest BCUT2D eigenvalue weighted by atomic mass is 35.5. The molecule has 1 unspecified atom stereocenters. The molecular weight excluding hydrogens is 369 g/mol. The van der Waals surface area contributed by atoms with Crippen molar-refractivity contribution in [3.8, 4) is 0 Å². The SMILES string of the molecule is O=C1Nc2cc(Cl)ccc2C1(Cc1cccc(Cl)c1)NC1CCNCC1. The Morgan fingerprint density at radius 2 is 1.85 bits per heavy atom. The normalized spacial score (nSPS) is 22.9. The summed E-state index contributed by atoms with van der Waals surface area (Å²) in [5.74, 6) is -0.0340. The van der Waals surface area contributed by atoms with Crippen molar-refractivity contribution in [3.63, 3.8) is 0 Å². The van der Waals surface area contributed by atoms with Gasteiger partial charge in [0.25, 0.3) is 0 Å². The van der Waals surface area contributed by atoms with Crippen molar-refractivity contribution in [1.29, 1.82) is 0 Å². The first-order valence-corrected chi connectivity index (χ1v) is 9.67. The minimum absolute atomic E-state index is 0.0340. The molecule has 3 N–H and O–H groups in total. The molecule has 0 spiro atoms. The quantitative estimate of drug-likeness (QED) is 0.746. The molecule has 0 radical (unpaired) electrons. The monoisotopic (exact) mass is 389 g/mol. The summed E-state index contributed by atoms with van der Waals surface area (Å²) >= 11 is 12.3. The summed E-state index contributed by atoms with van der Waals surface area (Å²) in [5, 5.41) is 11.4. The van der Waals surface area contributed by atoms with Crippen molar-refractivity contribution in [2.24, 2.45) is 0 Å². The number of carbonyl (C=O) groups is 1. The molecular formula is C20H21Cl2N3O. The van der Waals surface area contributed by atoms with E-state index in [0.29, 0.717) is 16.5 Å². The van der Waals surface area contributed by atoms with Crippen LogP contribution in [0.2, 0.25) is 10.0 Å². The van der Waals surface area contributed by atoms with Crippen molar-refractivity contribution in [1.82, 2.24) is 10.6 Å². The van der Waals surface area contributed by atoms with Crippen LogP contribution in [0.3, 0.4) is 0 Å². The zero-order chi connectivity index (χ0) is 18.1. The van der Waals surface area contributed by atoms with Gasteiger partial charge in [-0.2, -0.15) is 0 Å². The number of halogens is 2. The molecule has 0 aromatic heterocycles. The number of fused-ring (bicyclic) bond motifs is 1. The van der Waals surface area contributed by atoms with Gasteiger partial charge in [-0.1, -0.05) is 41.4 Å². The van der Waals surface area contributed by atoms with Gasteiger partial charge in [0.2, 0.25) is 5.91 Å². The van der Waals surface area contributed by atoms with Crippen molar-refractivity contribution < 1.29 is 4.79 Å². The summed E-state index contributed by atoms with van der Waals surface area (Å²) in [6.07, 6.45) is 2.53. The van der Waals surface area contributed by atoms with Crippen LogP contribution in [0.4, 0.5) is 5.69 Å². The molecule has 1 saturated heterocycles. The van der Waals surface area contributed by atoms with Gasteiger partial charge in [-0.05, 0) is 55.8 Å². The van der Waals surface area contributed by atoms with E-state index < -0.39 is 5.54 Å². The molecule has 2 aromatic carbocycles. The van der Waals surface area contributed by atoms with Crippen LogP contribution in [-0.4, -0.2) is 25.0 Å². The molecule has 2 heterocycles. The molecule has 0 aliphatic carbocycles. The minimum atomic E-state index is -0.813. The molecule has 1 atom stereocenters. The van der Waals surface area contributed by atoms with Crippen molar-refractivity contribution in [3.05, 3.63) is 63.6 Å². The molecule has 2 aromatic rings. The Balaban J connectivity index is 1.75. The average Bonchev–Trinajstić information content (AvgIpc) is 2.86. The van der Waals surface area contributed by atoms with Gasteiger partial charge in [-0.15, -0.1) is 0 Å². The Bertz CT molecular complexity index is 836. The Labute approximate surface area is 163 Å². The Morgan fingerprint density at radius 1 is 1.08 bits per heavy atom. The molecule has 6 heteroatoms. The first-order valence-electron chi connectivity index (χ1n) is 8.91. The van der Waals surface area contributed by atoms with Crippen LogP contribution in [0.1, 0.15) is 24.0 Å². The number of hydrogen-bond acceptors (Lipinski definition) is 3. The van der Waals surface area contributed by atoms with Crippen LogP contribution in [0.25, 0.3) is 0 Å². The first kappa shape index (κ1) is 17.8. The maximum atomic E-state index is 13.2. The van der Waals surface area contributed by atoms with Crippen LogP contribution >= 0.6 is 23.2 Å². The summed E-state index contributed by atoms with van der Waals surface area (Å²) in [6.45, 7) is 1.92. The number of hydrogen-bond donors (Lipinski definition) is 3. The summed E-state index contributed by atoms with van der Waals surface area (Å²) in [7, 11) is 0. The molecule has 1 amide bonds. The number of piperidine rings is 1. The van der Waals surface area contributed by atoms with Gasteiger partial charge in [0.1, 0.15) is 5.54 Å². The molecule has 1 fully saturated rings. The number of rotatable bonds is 4. The second-order valence-electron chi connectivity index (χ2n) is 7.02. The van der Waals surface area contributed by atoms with Crippen molar-refractivity contribution in [2.75, 3.05) is 18.4 Å². The third-order valence-corrected chi connectivity index (χ3v) is 5.70. The number of benzene rings is 2. The predicted octanol–water partition coefficient (Wildman–Crippen LogP) is 3.73. The third kappa shape index (κ3) is 3.35. The Hall–Kier alpha value is -1.59. The second kappa shape index (κ2) is 7.20. The maximum absolute atomic E-state index is 13.2. The molecule has 2 aliphatic rings. The van der Waals surface area contributed by atoms with Gasteiger partial charge in [0, 0.05) is 33.8 Å². The van der Waals surface area contributed by atoms with E-state index in [2.05, 4.69) is 16.0 Å². The van der Waals surface area contributed by atoms with Gasteiger partial charge >= 0.3 is 0 Å². The fraction of sp³-hybridized carbons (Fsp3) is 0.350. The number of carbonyl (C=O) groups excluding carboxylic acids is 1. The Kier molecular flexibility index (Phi) is 4.93. The van der Waals surface area contributed by atoms with Crippen LogP contribution in [0.5, 0.6) is 0 Å². The van der Waals surface area contributed by atoms with Crippen LogP contribution in [0.15, 0.2) is 42.5 Å². The lowest BCUT2D eigenvalue weighted by Gasteiger charge is -2.35. The zero-order valence-electron chi connectivity index (χ0n) is 14.3. The molecule has 136 valence electrons. The van der Waals surface area contributed by atoms with Crippen LogP contribution in [-0.2, 0) is 16.8 Å². The molecule has 2 aliphatic heterocycles. The van der Waals surface area contributed by atoms with Gasteiger partial charge in [0.15, 0.2) is 0 Å². The van der Waals surface area contributed by atoms with E-state index >= 15 is 0 Å². The number of anilines is 1.